The third-order valence-corrected chi connectivity index (χ3v) is 5.02. The van der Waals surface area contributed by atoms with E-state index in [-0.39, 0.29) is 17.5 Å². The van der Waals surface area contributed by atoms with Crippen LogP contribution in [0.25, 0.3) is 0 Å². The predicted octanol–water partition coefficient (Wildman–Crippen LogP) is 3.02. The fourth-order valence-corrected chi connectivity index (χ4v) is 2.94. The van der Waals surface area contributed by atoms with Crippen molar-refractivity contribution in [3.8, 4) is 0 Å². The van der Waals surface area contributed by atoms with Crippen LogP contribution < -0.4 is 4.31 Å². The van der Waals surface area contributed by atoms with Crippen molar-refractivity contribution in [2.45, 2.75) is 19.8 Å². The van der Waals surface area contributed by atoms with Crippen LogP contribution in [0, 0.1) is 0 Å². The van der Waals surface area contributed by atoms with Gasteiger partial charge in [0.05, 0.1) is 22.0 Å². The Hall–Kier alpha value is -0.980. The quantitative estimate of drug-likeness (QED) is 0.744. The second kappa shape index (κ2) is 8.04. The van der Waals surface area contributed by atoms with Gasteiger partial charge in [-0.25, -0.2) is 8.42 Å². The third-order valence-electron chi connectivity index (χ3n) is 3.14. The summed E-state index contributed by atoms with van der Waals surface area (Å²) in [6.45, 7) is 2.35. The molecule has 22 heavy (non-hydrogen) atoms. The molecule has 0 N–H and O–H groups in total. The summed E-state index contributed by atoms with van der Waals surface area (Å²) >= 11 is 11.8. The maximum atomic E-state index is 12.2. The van der Waals surface area contributed by atoms with Crippen molar-refractivity contribution in [1.82, 2.24) is 4.90 Å². The van der Waals surface area contributed by atoms with Gasteiger partial charge >= 0.3 is 0 Å². The van der Waals surface area contributed by atoms with E-state index in [1.165, 1.54) is 23.1 Å². The Kier molecular flexibility index (Phi) is 6.97. The van der Waals surface area contributed by atoms with Crippen LogP contribution in [0.15, 0.2) is 18.2 Å². The summed E-state index contributed by atoms with van der Waals surface area (Å²) < 4.78 is 25.0. The van der Waals surface area contributed by atoms with Gasteiger partial charge in [0.25, 0.3) is 0 Å². The first-order chi connectivity index (χ1) is 10.2. The van der Waals surface area contributed by atoms with Crippen molar-refractivity contribution >= 4 is 44.8 Å². The van der Waals surface area contributed by atoms with Crippen LogP contribution in [-0.2, 0) is 14.8 Å². The molecule has 5 nitrogen and oxygen atoms in total. The van der Waals surface area contributed by atoms with Crippen LogP contribution in [0.1, 0.15) is 19.8 Å². The average molecular weight is 367 g/mol. The molecule has 0 atom stereocenters. The van der Waals surface area contributed by atoms with E-state index in [1.807, 2.05) is 6.92 Å². The van der Waals surface area contributed by atoms with Gasteiger partial charge in [-0.15, -0.1) is 0 Å². The lowest BCUT2D eigenvalue weighted by molar-refractivity contribution is -0.128. The van der Waals surface area contributed by atoms with Crippen LogP contribution in [0.5, 0.6) is 0 Å². The standard InChI is InChI=1S/C14H20Cl2N2O3S/c1-4-5-8-17(2)14(19)10-18(22(3,20)21)11-6-7-12(15)13(16)9-11/h6-7,9H,4-5,8,10H2,1-3H3. The first-order valence-electron chi connectivity index (χ1n) is 6.83. The summed E-state index contributed by atoms with van der Waals surface area (Å²) in [7, 11) is -1.95. The Bertz CT molecular complexity index is 635. The summed E-state index contributed by atoms with van der Waals surface area (Å²) in [6.07, 6.45) is 2.88. The Morgan fingerprint density at radius 2 is 1.86 bits per heavy atom. The molecule has 0 saturated carbocycles. The number of nitrogens with zero attached hydrogens (tertiary/aromatic N) is 2. The molecule has 0 spiro atoms. The van der Waals surface area contributed by atoms with Gasteiger partial charge in [-0.2, -0.15) is 0 Å². The molecule has 0 aromatic heterocycles. The van der Waals surface area contributed by atoms with E-state index >= 15 is 0 Å². The molecule has 1 rings (SSSR count). The van der Waals surface area contributed by atoms with Gasteiger partial charge in [-0.05, 0) is 24.6 Å². The summed E-state index contributed by atoms with van der Waals surface area (Å²) in [5, 5.41) is 0.560. The van der Waals surface area contributed by atoms with Crippen LogP contribution >= 0.6 is 23.2 Å². The highest BCUT2D eigenvalue weighted by molar-refractivity contribution is 7.92. The minimum atomic E-state index is -3.61. The Labute approximate surface area is 141 Å². The lowest BCUT2D eigenvalue weighted by atomic mass is 10.3. The molecule has 0 aliphatic carbocycles. The second-order valence-electron chi connectivity index (χ2n) is 5.04. The van der Waals surface area contributed by atoms with Gasteiger partial charge in [0, 0.05) is 13.6 Å². The van der Waals surface area contributed by atoms with Gasteiger partial charge in [0.2, 0.25) is 15.9 Å². The Morgan fingerprint density at radius 1 is 1.23 bits per heavy atom. The number of sulfonamides is 1. The summed E-state index contributed by atoms with van der Waals surface area (Å²) in [6, 6.07) is 4.46. The van der Waals surface area contributed by atoms with Crippen molar-refractivity contribution in [3.05, 3.63) is 28.2 Å². The van der Waals surface area contributed by atoms with Crippen molar-refractivity contribution in [2.24, 2.45) is 0 Å². The molecule has 0 radical (unpaired) electrons. The minimum absolute atomic E-state index is 0.236. The van der Waals surface area contributed by atoms with Gasteiger partial charge in [-0.1, -0.05) is 36.5 Å². The number of hydrogen-bond acceptors (Lipinski definition) is 3. The number of carbonyl (C=O) groups excluding carboxylic acids is 1. The highest BCUT2D eigenvalue weighted by atomic mass is 35.5. The number of halogens is 2. The number of unbranched alkanes of at least 4 members (excludes halogenated alkanes) is 1. The highest BCUT2D eigenvalue weighted by Crippen LogP contribution is 2.28. The first-order valence-corrected chi connectivity index (χ1v) is 9.44. The van der Waals surface area contributed by atoms with Crippen molar-refractivity contribution < 1.29 is 13.2 Å². The predicted molar refractivity (Wildman–Crippen MR) is 91.2 cm³/mol. The third kappa shape index (κ3) is 5.34. The summed E-state index contributed by atoms with van der Waals surface area (Å²) in [5.41, 5.74) is 0.314. The average Bonchev–Trinajstić information content (AvgIpc) is 2.43. The van der Waals surface area contributed by atoms with Crippen LogP contribution in [0.3, 0.4) is 0 Å². The van der Waals surface area contributed by atoms with Gasteiger partial charge in [0.15, 0.2) is 0 Å². The lowest BCUT2D eigenvalue weighted by Gasteiger charge is -2.25. The summed E-state index contributed by atoms with van der Waals surface area (Å²) in [4.78, 5) is 13.7. The molecule has 0 saturated heterocycles. The van der Waals surface area contributed by atoms with Crippen LogP contribution in [0.4, 0.5) is 5.69 Å². The molecule has 8 heteroatoms. The molecule has 1 aromatic carbocycles. The zero-order valence-electron chi connectivity index (χ0n) is 12.8. The Morgan fingerprint density at radius 3 is 2.36 bits per heavy atom. The molecule has 0 heterocycles. The minimum Gasteiger partial charge on any atom is -0.344 e. The fraction of sp³-hybridized carbons (Fsp3) is 0.500. The summed E-state index contributed by atoms with van der Waals surface area (Å²) in [5.74, 6) is -0.273. The molecule has 124 valence electrons. The zero-order valence-corrected chi connectivity index (χ0v) is 15.2. The van der Waals surface area contributed by atoms with Crippen LogP contribution in [0.2, 0.25) is 10.0 Å². The second-order valence-corrected chi connectivity index (χ2v) is 7.76. The number of hydrogen-bond donors (Lipinski definition) is 0. The SMILES string of the molecule is CCCCN(C)C(=O)CN(c1ccc(Cl)c(Cl)c1)S(C)(=O)=O. The molecule has 1 aromatic rings. The number of rotatable bonds is 7. The van der Waals surface area contributed by atoms with E-state index in [1.54, 1.807) is 7.05 Å². The number of likely N-dealkylation sites (N-methyl/N-ethyl adjacent to an activating group) is 1. The fourth-order valence-electron chi connectivity index (χ4n) is 1.80. The highest BCUT2D eigenvalue weighted by Gasteiger charge is 2.23. The molecule has 0 unspecified atom stereocenters. The smallest absolute Gasteiger partial charge is 0.243 e. The zero-order chi connectivity index (χ0) is 16.9. The molecule has 0 aliphatic heterocycles. The Balaban J connectivity index is 3.00. The van der Waals surface area contributed by atoms with E-state index in [4.69, 9.17) is 23.2 Å². The topological polar surface area (TPSA) is 57.7 Å². The largest absolute Gasteiger partial charge is 0.344 e. The molecule has 0 bridgehead atoms. The maximum absolute atomic E-state index is 12.2. The molecule has 1 amide bonds. The number of anilines is 1. The number of benzene rings is 1. The van der Waals surface area contributed by atoms with Gasteiger partial charge < -0.3 is 4.90 Å². The van der Waals surface area contributed by atoms with E-state index < -0.39 is 10.0 Å². The lowest BCUT2D eigenvalue weighted by Crippen LogP contribution is -2.41. The number of carbonyl (C=O) groups is 1. The van der Waals surface area contributed by atoms with E-state index in [0.29, 0.717) is 17.3 Å². The molecule has 0 fully saturated rings. The van der Waals surface area contributed by atoms with E-state index in [9.17, 15) is 13.2 Å². The van der Waals surface area contributed by atoms with Gasteiger partial charge in [0.1, 0.15) is 6.54 Å². The van der Waals surface area contributed by atoms with Crippen molar-refractivity contribution in [1.29, 1.82) is 0 Å². The number of amides is 1. The normalized spacial score (nSPS) is 11.3. The molecular formula is C14H20Cl2N2O3S. The van der Waals surface area contributed by atoms with Gasteiger partial charge in [-0.3, -0.25) is 9.10 Å². The first kappa shape index (κ1) is 19.1. The van der Waals surface area contributed by atoms with Crippen molar-refractivity contribution in [2.75, 3.05) is 30.7 Å². The van der Waals surface area contributed by atoms with E-state index in [0.717, 1.165) is 23.4 Å². The van der Waals surface area contributed by atoms with E-state index in [2.05, 4.69) is 0 Å². The molecule has 0 aliphatic rings. The molecular weight excluding hydrogens is 347 g/mol. The van der Waals surface area contributed by atoms with Crippen LogP contribution in [-0.4, -0.2) is 45.6 Å². The monoisotopic (exact) mass is 366 g/mol. The van der Waals surface area contributed by atoms with Crippen molar-refractivity contribution in [3.63, 3.8) is 0 Å². The maximum Gasteiger partial charge on any atom is 0.243 e.